The van der Waals surface area contributed by atoms with E-state index in [0.717, 1.165) is 78.6 Å². The van der Waals surface area contributed by atoms with Gasteiger partial charge in [-0.25, -0.2) is 15.0 Å². The smallest absolute Gasteiger partial charge is 0.225 e. The molecule has 2 fully saturated rings. The molecule has 0 radical (unpaired) electrons. The molecule has 0 bridgehead atoms. The average molecular weight is 541 g/mol. The van der Waals surface area contributed by atoms with Crippen LogP contribution in [0.1, 0.15) is 42.9 Å². The first kappa shape index (κ1) is 26.2. The minimum Gasteiger partial charge on any atom is -0.491 e. The van der Waals surface area contributed by atoms with E-state index < -0.39 is 0 Å². The first-order chi connectivity index (χ1) is 19.4. The lowest BCUT2D eigenvalue weighted by atomic mass is 10.1. The highest BCUT2D eigenvalue weighted by Gasteiger charge is 2.35. The van der Waals surface area contributed by atoms with Crippen LogP contribution in [-0.2, 0) is 11.2 Å². The highest BCUT2D eigenvalue weighted by molar-refractivity contribution is 5.84. The molecule has 1 saturated carbocycles. The van der Waals surface area contributed by atoms with Crippen LogP contribution in [0.4, 0.5) is 5.82 Å². The molecule has 1 amide bonds. The number of nitrogens with one attached hydrogen (secondary N) is 1. The number of piperazine rings is 1. The number of H-pyrrole nitrogens is 1. The molecule has 2 aliphatic rings. The molecule has 40 heavy (non-hydrogen) atoms. The second-order valence-electron chi connectivity index (χ2n) is 11.0. The lowest BCUT2D eigenvalue weighted by Crippen LogP contribution is -2.49. The van der Waals surface area contributed by atoms with Gasteiger partial charge in [-0.15, -0.1) is 0 Å². The number of rotatable bonds is 8. The Balaban J connectivity index is 1.17. The van der Waals surface area contributed by atoms with Crippen molar-refractivity contribution in [3.63, 3.8) is 0 Å². The highest BCUT2D eigenvalue weighted by atomic mass is 16.5. The Bertz CT molecular complexity index is 1520. The molecule has 4 heterocycles. The lowest BCUT2D eigenvalue weighted by Gasteiger charge is -2.38. The van der Waals surface area contributed by atoms with Crippen molar-refractivity contribution in [1.82, 2.24) is 34.7 Å². The summed E-state index contributed by atoms with van der Waals surface area (Å²) < 4.78 is 5.67. The van der Waals surface area contributed by atoms with Crippen LogP contribution in [0.25, 0.3) is 22.3 Å². The minimum atomic E-state index is 0.257. The van der Waals surface area contributed by atoms with E-state index in [4.69, 9.17) is 9.72 Å². The Morgan fingerprint density at radius 2 is 1.90 bits per heavy atom. The number of anilines is 1. The second kappa shape index (κ2) is 10.8. The molecule has 1 unspecified atom stereocenters. The number of pyridine rings is 1. The number of imidazole rings is 1. The standard InChI is InChI=1S/C30H36N8O2/c1-19(37-11-13-38(14-12-37)30(39)20-5-6-20)21-9-10-31-23(15-21)17-26-34-24-8-7-22(16-25(24)35-26)27-28(40-4)29(36(2)3)33-18-32-27/h7-10,15-16,18-20H,5-6,11-14,17H2,1-4H3,(H,34,35). The largest absolute Gasteiger partial charge is 0.491 e. The van der Waals surface area contributed by atoms with Crippen LogP contribution >= 0.6 is 0 Å². The monoisotopic (exact) mass is 540 g/mol. The number of benzene rings is 1. The van der Waals surface area contributed by atoms with E-state index in [1.54, 1.807) is 13.4 Å². The number of aromatic nitrogens is 5. The molecular weight excluding hydrogens is 504 g/mol. The Morgan fingerprint density at radius 1 is 1.10 bits per heavy atom. The van der Waals surface area contributed by atoms with Gasteiger partial charge in [0, 0.05) is 76.1 Å². The Kier molecular flexibility index (Phi) is 7.10. The number of amides is 1. The summed E-state index contributed by atoms with van der Waals surface area (Å²) in [6, 6.07) is 10.6. The summed E-state index contributed by atoms with van der Waals surface area (Å²) in [6.07, 6.45) is 6.18. The molecule has 1 N–H and O–H groups in total. The SMILES string of the molecule is COc1c(-c2ccc3nc(Cc4cc(C(C)N5CCN(C(=O)C6CC6)CC5)ccn4)[nH]c3c2)ncnc1N(C)C. The van der Waals surface area contributed by atoms with Gasteiger partial charge in [-0.05, 0) is 49.6 Å². The van der Waals surface area contributed by atoms with Gasteiger partial charge in [0.25, 0.3) is 0 Å². The number of aromatic amines is 1. The number of carbonyl (C=O) groups is 1. The van der Waals surface area contributed by atoms with Gasteiger partial charge >= 0.3 is 0 Å². The molecule has 6 rings (SSSR count). The number of fused-ring (bicyclic) bond motifs is 1. The summed E-state index contributed by atoms with van der Waals surface area (Å²) >= 11 is 0. The van der Waals surface area contributed by atoms with Crippen molar-refractivity contribution in [2.24, 2.45) is 5.92 Å². The van der Waals surface area contributed by atoms with E-state index in [1.165, 1.54) is 5.56 Å². The van der Waals surface area contributed by atoms with Crippen LogP contribution < -0.4 is 9.64 Å². The fourth-order valence-electron chi connectivity index (χ4n) is 5.52. The number of carbonyl (C=O) groups excluding carboxylic acids is 1. The van der Waals surface area contributed by atoms with Gasteiger partial charge in [-0.1, -0.05) is 6.07 Å². The van der Waals surface area contributed by atoms with Crippen molar-refractivity contribution >= 4 is 22.8 Å². The predicted molar refractivity (Wildman–Crippen MR) is 154 cm³/mol. The van der Waals surface area contributed by atoms with Gasteiger partial charge < -0.3 is 19.5 Å². The van der Waals surface area contributed by atoms with E-state index in [2.05, 4.69) is 50.0 Å². The number of ether oxygens (including phenoxy) is 1. The Labute approximate surface area is 234 Å². The van der Waals surface area contributed by atoms with Crippen LogP contribution in [0.5, 0.6) is 5.75 Å². The quantitative estimate of drug-likeness (QED) is 0.361. The number of nitrogens with zero attached hydrogens (tertiary/aromatic N) is 7. The molecule has 10 heteroatoms. The summed E-state index contributed by atoms with van der Waals surface area (Å²) in [5.74, 6) is 2.87. The molecule has 1 aliphatic heterocycles. The van der Waals surface area contributed by atoms with Crippen LogP contribution in [0.2, 0.25) is 0 Å². The number of hydrogen-bond acceptors (Lipinski definition) is 8. The summed E-state index contributed by atoms with van der Waals surface area (Å²) in [5, 5.41) is 0. The van der Waals surface area contributed by atoms with E-state index in [0.29, 0.717) is 24.0 Å². The van der Waals surface area contributed by atoms with Crippen LogP contribution in [0.15, 0.2) is 42.9 Å². The third-order valence-electron chi connectivity index (χ3n) is 7.99. The highest BCUT2D eigenvalue weighted by Crippen LogP contribution is 2.35. The maximum atomic E-state index is 12.4. The van der Waals surface area contributed by atoms with Gasteiger partial charge in [0.2, 0.25) is 5.91 Å². The van der Waals surface area contributed by atoms with Crippen molar-refractivity contribution < 1.29 is 9.53 Å². The first-order valence-corrected chi connectivity index (χ1v) is 13.9. The molecule has 208 valence electrons. The molecule has 10 nitrogen and oxygen atoms in total. The van der Waals surface area contributed by atoms with Crippen LogP contribution in [-0.4, -0.2) is 88.0 Å². The average Bonchev–Trinajstić information content (AvgIpc) is 3.75. The summed E-state index contributed by atoms with van der Waals surface area (Å²) in [5.41, 5.74) is 5.70. The lowest BCUT2D eigenvalue weighted by molar-refractivity contribution is -0.134. The van der Waals surface area contributed by atoms with Gasteiger partial charge in [-0.3, -0.25) is 14.7 Å². The number of hydrogen-bond donors (Lipinski definition) is 1. The third kappa shape index (κ3) is 5.23. The van der Waals surface area contributed by atoms with Gasteiger partial charge in [0.1, 0.15) is 17.8 Å². The summed E-state index contributed by atoms with van der Waals surface area (Å²) in [4.78, 5) is 40.6. The van der Waals surface area contributed by atoms with Crippen molar-refractivity contribution in [1.29, 1.82) is 0 Å². The van der Waals surface area contributed by atoms with Crippen molar-refractivity contribution in [3.8, 4) is 17.0 Å². The third-order valence-corrected chi connectivity index (χ3v) is 7.99. The maximum Gasteiger partial charge on any atom is 0.225 e. The molecular formula is C30H36N8O2. The van der Waals surface area contributed by atoms with Gasteiger partial charge in [0.15, 0.2) is 11.6 Å². The summed E-state index contributed by atoms with van der Waals surface area (Å²) in [6.45, 7) is 5.67. The van der Waals surface area contributed by atoms with Crippen molar-refractivity contribution in [3.05, 3.63) is 59.9 Å². The molecule has 1 aromatic carbocycles. The van der Waals surface area contributed by atoms with Crippen LogP contribution in [0, 0.1) is 5.92 Å². The molecule has 1 atom stereocenters. The zero-order valence-corrected chi connectivity index (χ0v) is 23.6. The number of methoxy groups -OCH3 is 1. The van der Waals surface area contributed by atoms with E-state index >= 15 is 0 Å². The van der Waals surface area contributed by atoms with E-state index in [1.807, 2.05) is 42.2 Å². The zero-order chi connectivity index (χ0) is 27.8. The minimum absolute atomic E-state index is 0.257. The molecule has 0 spiro atoms. The molecule has 1 aliphatic carbocycles. The Hall–Kier alpha value is -4.05. The molecule has 3 aromatic heterocycles. The zero-order valence-electron chi connectivity index (χ0n) is 23.6. The second-order valence-corrected chi connectivity index (χ2v) is 11.0. The molecule has 4 aromatic rings. The van der Waals surface area contributed by atoms with E-state index in [-0.39, 0.29) is 6.04 Å². The van der Waals surface area contributed by atoms with Crippen LogP contribution in [0.3, 0.4) is 0 Å². The maximum absolute atomic E-state index is 12.4. The fraction of sp³-hybridized carbons (Fsp3) is 0.433. The topological polar surface area (TPSA) is 103 Å². The predicted octanol–water partition coefficient (Wildman–Crippen LogP) is 3.70. The summed E-state index contributed by atoms with van der Waals surface area (Å²) in [7, 11) is 5.50. The van der Waals surface area contributed by atoms with Gasteiger partial charge in [0.05, 0.1) is 18.1 Å². The Morgan fingerprint density at radius 3 is 2.62 bits per heavy atom. The van der Waals surface area contributed by atoms with Crippen molar-refractivity contribution in [2.75, 3.05) is 52.3 Å². The first-order valence-electron chi connectivity index (χ1n) is 13.9. The normalized spacial score (nSPS) is 16.8. The van der Waals surface area contributed by atoms with E-state index in [9.17, 15) is 4.79 Å². The molecule has 1 saturated heterocycles. The fourth-order valence-corrected chi connectivity index (χ4v) is 5.52. The van der Waals surface area contributed by atoms with Gasteiger partial charge in [-0.2, -0.15) is 0 Å². The van der Waals surface area contributed by atoms with Crippen molar-refractivity contribution in [2.45, 2.75) is 32.2 Å².